The zero-order valence-corrected chi connectivity index (χ0v) is 13.6. The van der Waals surface area contributed by atoms with Crippen molar-refractivity contribution in [1.82, 2.24) is 15.0 Å². The molecule has 2 aromatic rings. The SMILES string of the molecule is CNS(=O)(=O)c1ccc([C@H](C)NCCc2ccccn2)cc1. The molecule has 1 aromatic heterocycles. The normalized spacial score (nSPS) is 13.0. The van der Waals surface area contributed by atoms with Gasteiger partial charge >= 0.3 is 0 Å². The van der Waals surface area contributed by atoms with Crippen molar-refractivity contribution in [2.24, 2.45) is 0 Å². The molecule has 6 heteroatoms. The highest BCUT2D eigenvalue weighted by molar-refractivity contribution is 7.89. The number of nitrogens with zero attached hydrogens (tertiary/aromatic N) is 1. The lowest BCUT2D eigenvalue weighted by Crippen LogP contribution is -2.22. The highest BCUT2D eigenvalue weighted by Gasteiger charge is 2.12. The van der Waals surface area contributed by atoms with Gasteiger partial charge in [-0.25, -0.2) is 13.1 Å². The quantitative estimate of drug-likeness (QED) is 0.817. The topological polar surface area (TPSA) is 71.1 Å². The van der Waals surface area contributed by atoms with Gasteiger partial charge in [-0.1, -0.05) is 18.2 Å². The molecule has 0 amide bonds. The molecule has 1 aromatic carbocycles. The Morgan fingerprint density at radius 1 is 1.14 bits per heavy atom. The molecule has 0 saturated heterocycles. The summed E-state index contributed by atoms with van der Waals surface area (Å²) in [6.07, 6.45) is 2.65. The van der Waals surface area contributed by atoms with Gasteiger partial charge in [0.25, 0.3) is 0 Å². The first-order valence-corrected chi connectivity index (χ1v) is 8.68. The summed E-state index contributed by atoms with van der Waals surface area (Å²) in [7, 11) is -1.96. The van der Waals surface area contributed by atoms with E-state index in [0.29, 0.717) is 0 Å². The molecule has 22 heavy (non-hydrogen) atoms. The monoisotopic (exact) mass is 319 g/mol. The third-order valence-electron chi connectivity index (χ3n) is 3.52. The third-order valence-corrected chi connectivity index (χ3v) is 4.95. The zero-order valence-electron chi connectivity index (χ0n) is 12.8. The number of hydrogen-bond acceptors (Lipinski definition) is 4. The van der Waals surface area contributed by atoms with Gasteiger partial charge in [-0.15, -0.1) is 0 Å². The molecule has 0 saturated carbocycles. The predicted octanol–water partition coefficient (Wildman–Crippen LogP) is 1.88. The Morgan fingerprint density at radius 2 is 1.86 bits per heavy atom. The van der Waals surface area contributed by atoms with E-state index in [9.17, 15) is 8.42 Å². The Hall–Kier alpha value is -1.76. The Bertz CT molecular complexity index is 685. The lowest BCUT2D eigenvalue weighted by molar-refractivity contribution is 0.572. The van der Waals surface area contributed by atoms with Gasteiger partial charge in [-0.05, 0) is 43.8 Å². The van der Waals surface area contributed by atoms with Crippen LogP contribution >= 0.6 is 0 Å². The molecular weight excluding hydrogens is 298 g/mol. The van der Waals surface area contributed by atoms with Gasteiger partial charge in [0.2, 0.25) is 10.0 Å². The largest absolute Gasteiger partial charge is 0.310 e. The van der Waals surface area contributed by atoms with Gasteiger partial charge in [0, 0.05) is 30.9 Å². The standard InChI is InChI=1S/C16H21N3O2S/c1-13(18-12-10-15-5-3-4-11-19-15)14-6-8-16(9-7-14)22(20,21)17-2/h3-9,11,13,17-18H,10,12H2,1-2H3/t13-/m0/s1. The first kappa shape index (κ1) is 16.6. The summed E-state index contributed by atoms with van der Waals surface area (Å²) in [5.41, 5.74) is 2.11. The summed E-state index contributed by atoms with van der Waals surface area (Å²) < 4.78 is 25.7. The molecule has 0 bridgehead atoms. The molecule has 118 valence electrons. The van der Waals surface area contributed by atoms with Crippen molar-refractivity contribution >= 4 is 10.0 Å². The molecule has 2 N–H and O–H groups in total. The van der Waals surface area contributed by atoms with Crippen LogP contribution in [0.1, 0.15) is 24.2 Å². The number of hydrogen-bond donors (Lipinski definition) is 2. The highest BCUT2D eigenvalue weighted by atomic mass is 32.2. The van der Waals surface area contributed by atoms with E-state index in [2.05, 4.69) is 21.9 Å². The maximum atomic E-state index is 11.7. The van der Waals surface area contributed by atoms with Gasteiger partial charge in [-0.2, -0.15) is 0 Å². The van der Waals surface area contributed by atoms with Crippen LogP contribution in [0.2, 0.25) is 0 Å². The predicted molar refractivity (Wildman–Crippen MR) is 87.0 cm³/mol. The Kier molecular flexibility index (Phi) is 5.65. The van der Waals surface area contributed by atoms with Crippen LogP contribution in [0.4, 0.5) is 0 Å². The summed E-state index contributed by atoms with van der Waals surface area (Å²) in [6.45, 7) is 2.87. The minimum atomic E-state index is -3.37. The van der Waals surface area contributed by atoms with E-state index in [0.717, 1.165) is 24.2 Å². The molecule has 0 spiro atoms. The van der Waals surface area contributed by atoms with E-state index < -0.39 is 10.0 Å². The van der Waals surface area contributed by atoms with Crippen molar-refractivity contribution in [2.45, 2.75) is 24.3 Å². The lowest BCUT2D eigenvalue weighted by atomic mass is 10.1. The number of pyridine rings is 1. The average Bonchev–Trinajstić information content (AvgIpc) is 2.56. The summed E-state index contributed by atoms with van der Waals surface area (Å²) >= 11 is 0. The molecule has 1 atom stereocenters. The molecule has 0 aliphatic rings. The van der Waals surface area contributed by atoms with Crippen LogP contribution in [-0.2, 0) is 16.4 Å². The van der Waals surface area contributed by atoms with E-state index in [-0.39, 0.29) is 10.9 Å². The van der Waals surface area contributed by atoms with Gasteiger partial charge in [0.05, 0.1) is 4.90 Å². The summed E-state index contributed by atoms with van der Waals surface area (Å²) in [6, 6.07) is 13.0. The zero-order chi connectivity index (χ0) is 16.0. The molecule has 0 unspecified atom stereocenters. The molecule has 2 rings (SSSR count). The summed E-state index contributed by atoms with van der Waals surface area (Å²) in [5, 5.41) is 3.41. The van der Waals surface area contributed by atoms with E-state index in [1.807, 2.05) is 30.3 Å². The second-order valence-electron chi connectivity index (χ2n) is 5.02. The number of sulfonamides is 1. The molecule has 0 radical (unpaired) electrons. The maximum absolute atomic E-state index is 11.7. The van der Waals surface area contributed by atoms with Crippen molar-refractivity contribution in [3.8, 4) is 0 Å². The fourth-order valence-corrected chi connectivity index (χ4v) is 2.86. The van der Waals surface area contributed by atoms with Crippen LogP contribution in [0, 0.1) is 0 Å². The van der Waals surface area contributed by atoms with Crippen molar-refractivity contribution in [2.75, 3.05) is 13.6 Å². The molecule has 0 aliphatic heterocycles. The van der Waals surface area contributed by atoms with Crippen molar-refractivity contribution in [3.63, 3.8) is 0 Å². The van der Waals surface area contributed by atoms with Crippen LogP contribution in [0.25, 0.3) is 0 Å². The lowest BCUT2D eigenvalue weighted by Gasteiger charge is -2.14. The second-order valence-corrected chi connectivity index (χ2v) is 6.91. The first-order chi connectivity index (χ1) is 10.5. The number of benzene rings is 1. The molecule has 0 aliphatic carbocycles. The van der Waals surface area contributed by atoms with Crippen LogP contribution < -0.4 is 10.0 Å². The van der Waals surface area contributed by atoms with Crippen molar-refractivity contribution < 1.29 is 8.42 Å². The van der Waals surface area contributed by atoms with Crippen LogP contribution in [0.15, 0.2) is 53.6 Å². The number of aromatic nitrogens is 1. The Morgan fingerprint density at radius 3 is 2.45 bits per heavy atom. The van der Waals surface area contributed by atoms with Gasteiger partial charge in [0.15, 0.2) is 0 Å². The van der Waals surface area contributed by atoms with Gasteiger partial charge in [0.1, 0.15) is 0 Å². The Labute approximate surface area is 131 Å². The van der Waals surface area contributed by atoms with E-state index >= 15 is 0 Å². The minimum absolute atomic E-state index is 0.148. The maximum Gasteiger partial charge on any atom is 0.240 e. The molecule has 0 fully saturated rings. The minimum Gasteiger partial charge on any atom is -0.310 e. The number of nitrogens with one attached hydrogen (secondary N) is 2. The van der Waals surface area contributed by atoms with E-state index in [1.165, 1.54) is 7.05 Å². The fraction of sp³-hybridized carbons (Fsp3) is 0.312. The fourth-order valence-electron chi connectivity index (χ4n) is 2.13. The summed E-state index contributed by atoms with van der Waals surface area (Å²) in [5.74, 6) is 0. The van der Waals surface area contributed by atoms with Crippen LogP contribution in [-0.4, -0.2) is 27.0 Å². The van der Waals surface area contributed by atoms with Crippen molar-refractivity contribution in [3.05, 3.63) is 59.9 Å². The van der Waals surface area contributed by atoms with Crippen molar-refractivity contribution in [1.29, 1.82) is 0 Å². The van der Waals surface area contributed by atoms with Crippen LogP contribution in [0.5, 0.6) is 0 Å². The summed E-state index contributed by atoms with van der Waals surface area (Å²) in [4.78, 5) is 4.56. The average molecular weight is 319 g/mol. The van der Waals surface area contributed by atoms with Gasteiger partial charge < -0.3 is 5.32 Å². The molecule has 1 heterocycles. The van der Waals surface area contributed by atoms with Crippen LogP contribution in [0.3, 0.4) is 0 Å². The third kappa shape index (κ3) is 4.37. The Balaban J connectivity index is 1.91. The van der Waals surface area contributed by atoms with E-state index in [4.69, 9.17) is 0 Å². The highest BCUT2D eigenvalue weighted by Crippen LogP contribution is 2.16. The number of rotatable bonds is 7. The second kappa shape index (κ2) is 7.49. The smallest absolute Gasteiger partial charge is 0.240 e. The van der Waals surface area contributed by atoms with Gasteiger partial charge in [-0.3, -0.25) is 4.98 Å². The van der Waals surface area contributed by atoms with E-state index in [1.54, 1.807) is 18.3 Å². The molecule has 5 nitrogen and oxygen atoms in total. The first-order valence-electron chi connectivity index (χ1n) is 7.20. The molecular formula is C16H21N3O2S.